The zero-order chi connectivity index (χ0) is 15.3. The van der Waals surface area contributed by atoms with E-state index in [-0.39, 0.29) is 18.4 Å². The van der Waals surface area contributed by atoms with Crippen LogP contribution in [0.1, 0.15) is 32.4 Å². The minimum Gasteiger partial charge on any atom is -0.493 e. The second-order valence-corrected chi connectivity index (χ2v) is 5.03. The van der Waals surface area contributed by atoms with E-state index in [2.05, 4.69) is 0 Å². The molecule has 0 bridgehead atoms. The Hall–Kier alpha value is -1.46. The molecule has 0 saturated carbocycles. The number of rotatable bonds is 6. The van der Waals surface area contributed by atoms with Crippen LogP contribution in [0.3, 0.4) is 0 Å². The highest BCUT2D eigenvalue weighted by Crippen LogP contribution is 2.36. The smallest absolute Gasteiger partial charge is 0.313 e. The average Bonchev–Trinajstić information content (AvgIpc) is 2.46. The van der Waals surface area contributed by atoms with Gasteiger partial charge in [-0.25, -0.2) is 0 Å². The first kappa shape index (κ1) is 19.5. The van der Waals surface area contributed by atoms with E-state index in [0.717, 1.165) is 5.56 Å². The van der Waals surface area contributed by atoms with Crippen molar-refractivity contribution in [3.63, 3.8) is 0 Å². The van der Waals surface area contributed by atoms with Gasteiger partial charge in [0.25, 0.3) is 0 Å². The largest absolute Gasteiger partial charge is 0.493 e. The lowest BCUT2D eigenvalue weighted by molar-refractivity contribution is -0.152. The van der Waals surface area contributed by atoms with Crippen molar-refractivity contribution in [2.24, 2.45) is 11.1 Å². The third-order valence-corrected chi connectivity index (χ3v) is 3.34. The standard InChI is InChI=1S/C15H23NO4.ClH/c1-6-20-11-8-7-10(9-12(11)18-4)13(16)15(2,3)14(17)19-5;/h7-9,13H,6,16H2,1-5H3;1H/t13-;/m1./s1. The van der Waals surface area contributed by atoms with Crippen molar-refractivity contribution in [1.82, 2.24) is 0 Å². The molecule has 1 atom stereocenters. The highest BCUT2D eigenvalue weighted by molar-refractivity contribution is 5.85. The fourth-order valence-electron chi connectivity index (χ4n) is 1.96. The topological polar surface area (TPSA) is 70.8 Å². The molecule has 120 valence electrons. The van der Waals surface area contributed by atoms with E-state index in [1.165, 1.54) is 7.11 Å². The van der Waals surface area contributed by atoms with Gasteiger partial charge >= 0.3 is 5.97 Å². The lowest BCUT2D eigenvalue weighted by atomic mass is 9.81. The third kappa shape index (κ3) is 4.25. The first-order chi connectivity index (χ1) is 9.38. The number of halogens is 1. The van der Waals surface area contributed by atoms with Crippen LogP contribution in [-0.2, 0) is 9.53 Å². The van der Waals surface area contributed by atoms with Gasteiger partial charge in [0.2, 0.25) is 0 Å². The lowest BCUT2D eigenvalue weighted by Crippen LogP contribution is -2.37. The molecule has 5 nitrogen and oxygen atoms in total. The summed E-state index contributed by atoms with van der Waals surface area (Å²) in [5.74, 6) is 0.903. The van der Waals surface area contributed by atoms with Crippen molar-refractivity contribution in [2.75, 3.05) is 20.8 Å². The molecule has 0 unspecified atom stereocenters. The summed E-state index contributed by atoms with van der Waals surface area (Å²) >= 11 is 0. The summed E-state index contributed by atoms with van der Waals surface area (Å²) in [5.41, 5.74) is 6.17. The molecule has 0 saturated heterocycles. The van der Waals surface area contributed by atoms with Crippen LogP contribution in [-0.4, -0.2) is 26.8 Å². The van der Waals surface area contributed by atoms with Gasteiger partial charge in [0.1, 0.15) is 0 Å². The molecule has 1 aromatic carbocycles. The Balaban J connectivity index is 0.00000400. The maximum absolute atomic E-state index is 11.8. The number of hydrogen-bond acceptors (Lipinski definition) is 5. The van der Waals surface area contributed by atoms with Gasteiger partial charge in [0.15, 0.2) is 11.5 Å². The van der Waals surface area contributed by atoms with Crippen LogP contribution in [0.2, 0.25) is 0 Å². The monoisotopic (exact) mass is 317 g/mol. The SMILES string of the molecule is CCOc1ccc([C@@H](N)C(C)(C)C(=O)OC)cc1OC.Cl. The number of hydrogen-bond donors (Lipinski definition) is 1. The first-order valence-electron chi connectivity index (χ1n) is 6.53. The van der Waals surface area contributed by atoms with E-state index in [4.69, 9.17) is 19.9 Å². The van der Waals surface area contributed by atoms with Crippen molar-refractivity contribution >= 4 is 18.4 Å². The predicted molar refractivity (Wildman–Crippen MR) is 84.1 cm³/mol. The molecule has 0 spiro atoms. The van der Waals surface area contributed by atoms with Gasteiger partial charge in [-0.15, -0.1) is 12.4 Å². The van der Waals surface area contributed by atoms with Gasteiger partial charge < -0.3 is 19.9 Å². The fourth-order valence-corrected chi connectivity index (χ4v) is 1.96. The molecule has 0 fully saturated rings. The molecule has 21 heavy (non-hydrogen) atoms. The molecule has 0 aromatic heterocycles. The van der Waals surface area contributed by atoms with Gasteiger partial charge in [-0.1, -0.05) is 6.07 Å². The summed E-state index contributed by atoms with van der Waals surface area (Å²) in [7, 11) is 2.92. The number of nitrogens with two attached hydrogens (primary N) is 1. The van der Waals surface area contributed by atoms with Gasteiger partial charge in [-0.05, 0) is 38.5 Å². The highest BCUT2D eigenvalue weighted by atomic mass is 35.5. The molecule has 0 aliphatic rings. The minimum atomic E-state index is -0.826. The molecule has 0 heterocycles. The van der Waals surface area contributed by atoms with Gasteiger partial charge in [0.05, 0.1) is 26.2 Å². The molecule has 6 heteroatoms. The summed E-state index contributed by atoms with van der Waals surface area (Å²) in [6, 6.07) is 4.92. The Bertz CT molecular complexity index is 477. The number of methoxy groups -OCH3 is 2. The summed E-state index contributed by atoms with van der Waals surface area (Å²) in [4.78, 5) is 11.8. The maximum Gasteiger partial charge on any atom is 0.313 e. The van der Waals surface area contributed by atoms with Crippen LogP contribution in [0.15, 0.2) is 18.2 Å². The Kier molecular flexibility index (Phi) is 7.53. The second-order valence-electron chi connectivity index (χ2n) is 5.03. The van der Waals surface area contributed by atoms with Crippen molar-refractivity contribution < 1.29 is 19.0 Å². The number of benzene rings is 1. The van der Waals surface area contributed by atoms with E-state index in [9.17, 15) is 4.79 Å². The molecule has 0 amide bonds. The number of esters is 1. The van der Waals surface area contributed by atoms with Crippen molar-refractivity contribution in [3.8, 4) is 11.5 Å². The van der Waals surface area contributed by atoms with Crippen molar-refractivity contribution in [2.45, 2.75) is 26.8 Å². The van der Waals surface area contributed by atoms with Crippen LogP contribution in [0.4, 0.5) is 0 Å². The van der Waals surface area contributed by atoms with Gasteiger partial charge in [-0.3, -0.25) is 4.79 Å². The zero-order valence-electron chi connectivity index (χ0n) is 13.1. The normalized spacial score (nSPS) is 12.1. The van der Waals surface area contributed by atoms with Crippen molar-refractivity contribution in [3.05, 3.63) is 23.8 Å². The van der Waals surface area contributed by atoms with E-state index in [1.54, 1.807) is 33.1 Å². The fraction of sp³-hybridized carbons (Fsp3) is 0.533. The number of carbonyl (C=O) groups excluding carboxylic acids is 1. The molecule has 2 N–H and O–H groups in total. The molecule has 0 aliphatic carbocycles. The number of ether oxygens (including phenoxy) is 3. The molecular weight excluding hydrogens is 294 g/mol. The Morgan fingerprint density at radius 2 is 1.90 bits per heavy atom. The maximum atomic E-state index is 11.8. The van der Waals surface area contributed by atoms with Crippen LogP contribution >= 0.6 is 12.4 Å². The summed E-state index contributed by atoms with van der Waals surface area (Å²) in [5, 5.41) is 0. The first-order valence-corrected chi connectivity index (χ1v) is 6.53. The molecular formula is C15H24ClNO4. The summed E-state index contributed by atoms with van der Waals surface area (Å²) < 4.78 is 15.6. The summed E-state index contributed by atoms with van der Waals surface area (Å²) in [6.45, 7) is 5.97. The Morgan fingerprint density at radius 1 is 1.29 bits per heavy atom. The predicted octanol–water partition coefficient (Wildman–Crippen LogP) is 2.71. The van der Waals surface area contributed by atoms with Crippen LogP contribution < -0.4 is 15.2 Å². The highest BCUT2D eigenvalue weighted by Gasteiger charge is 2.36. The van der Waals surface area contributed by atoms with Gasteiger partial charge in [0, 0.05) is 6.04 Å². The number of carbonyl (C=O) groups is 1. The second kappa shape index (κ2) is 8.10. The van der Waals surface area contributed by atoms with Crippen molar-refractivity contribution in [1.29, 1.82) is 0 Å². The van der Waals surface area contributed by atoms with Crippen LogP contribution in [0, 0.1) is 5.41 Å². The Labute approximate surface area is 132 Å². The van der Waals surface area contributed by atoms with E-state index in [1.807, 2.05) is 13.0 Å². The molecule has 1 aromatic rings. The lowest BCUT2D eigenvalue weighted by Gasteiger charge is -2.29. The minimum absolute atomic E-state index is 0. The van der Waals surface area contributed by atoms with E-state index < -0.39 is 11.5 Å². The molecule has 0 radical (unpaired) electrons. The van der Waals surface area contributed by atoms with Crippen LogP contribution in [0.25, 0.3) is 0 Å². The van der Waals surface area contributed by atoms with E-state index in [0.29, 0.717) is 18.1 Å². The van der Waals surface area contributed by atoms with Gasteiger partial charge in [-0.2, -0.15) is 0 Å². The van der Waals surface area contributed by atoms with E-state index >= 15 is 0 Å². The average molecular weight is 318 g/mol. The quantitative estimate of drug-likeness (QED) is 0.817. The Morgan fingerprint density at radius 3 is 2.38 bits per heavy atom. The molecule has 0 aliphatic heterocycles. The third-order valence-electron chi connectivity index (χ3n) is 3.34. The van der Waals surface area contributed by atoms with Crippen LogP contribution in [0.5, 0.6) is 11.5 Å². The summed E-state index contributed by atoms with van der Waals surface area (Å²) in [6.07, 6.45) is 0. The molecule has 1 rings (SSSR count). The zero-order valence-corrected chi connectivity index (χ0v) is 14.0.